The zero-order valence-electron chi connectivity index (χ0n) is 16.6. The summed E-state index contributed by atoms with van der Waals surface area (Å²) in [6, 6.07) is 3.59. The van der Waals surface area contributed by atoms with Crippen LogP contribution in [0.25, 0.3) is 11.3 Å². The van der Waals surface area contributed by atoms with Crippen LogP contribution in [0.2, 0.25) is 0 Å². The van der Waals surface area contributed by atoms with E-state index in [1.807, 2.05) is 0 Å². The molecule has 0 atom stereocenters. The average Bonchev–Trinajstić information content (AvgIpc) is 3.16. The molecule has 0 bridgehead atoms. The van der Waals surface area contributed by atoms with Crippen LogP contribution in [0.5, 0.6) is 0 Å². The van der Waals surface area contributed by atoms with Crippen molar-refractivity contribution in [3.63, 3.8) is 0 Å². The highest BCUT2D eigenvalue weighted by atomic mass is 19.1. The first-order valence-electron chi connectivity index (χ1n) is 9.96. The van der Waals surface area contributed by atoms with Crippen molar-refractivity contribution in [2.45, 2.75) is 44.7 Å². The Hall–Kier alpha value is -3.30. The van der Waals surface area contributed by atoms with Crippen molar-refractivity contribution >= 4 is 23.8 Å². The lowest BCUT2D eigenvalue weighted by molar-refractivity contribution is -0.119. The van der Waals surface area contributed by atoms with Gasteiger partial charge in [0, 0.05) is 33.6 Å². The van der Waals surface area contributed by atoms with Gasteiger partial charge in [0.05, 0.1) is 12.7 Å². The van der Waals surface area contributed by atoms with Crippen LogP contribution in [0.4, 0.5) is 21.0 Å². The van der Waals surface area contributed by atoms with E-state index in [0.717, 1.165) is 31.9 Å². The van der Waals surface area contributed by atoms with Gasteiger partial charge in [-0.05, 0) is 37.8 Å². The van der Waals surface area contributed by atoms with Crippen LogP contribution >= 0.6 is 0 Å². The Balaban J connectivity index is 0.00000181. The molecule has 2 N–H and O–H groups in total. The molecule has 162 valence electrons. The Kier molecular flexibility index (Phi) is 5.73. The molecule has 0 radical (unpaired) electrons. The quantitative estimate of drug-likeness (QED) is 0.768. The molecule has 2 aromatic rings. The monoisotopic (exact) mass is 418 g/mol. The Labute approximate surface area is 176 Å². The number of rotatable bonds is 5. The Bertz CT molecular complexity index is 959. The molecule has 0 aromatic carbocycles. The molecule has 30 heavy (non-hydrogen) atoms. The number of carbonyl (C=O) groups is 2. The Morgan fingerprint density at radius 3 is 2.73 bits per heavy atom. The summed E-state index contributed by atoms with van der Waals surface area (Å²) in [5.41, 5.74) is 0.632. The minimum Gasteiger partial charge on any atom is -0.447 e. The number of anilines is 2. The third-order valence-corrected chi connectivity index (χ3v) is 5.27. The summed E-state index contributed by atoms with van der Waals surface area (Å²) in [7, 11) is 0. The fourth-order valence-electron chi connectivity index (χ4n) is 3.81. The average molecular weight is 418 g/mol. The number of pyridine rings is 1. The van der Waals surface area contributed by atoms with Crippen molar-refractivity contribution in [1.29, 1.82) is 0 Å². The number of aromatic nitrogens is 3. The third-order valence-electron chi connectivity index (χ3n) is 5.27. The van der Waals surface area contributed by atoms with E-state index in [1.54, 1.807) is 12.1 Å². The molecular formula is C20H27FN6O3. The van der Waals surface area contributed by atoms with Crippen LogP contribution in [0.3, 0.4) is 0 Å². The van der Waals surface area contributed by atoms with Gasteiger partial charge in [-0.25, -0.2) is 24.1 Å². The van der Waals surface area contributed by atoms with Gasteiger partial charge in [0.1, 0.15) is 18.1 Å². The van der Waals surface area contributed by atoms with Crippen molar-refractivity contribution in [2.24, 2.45) is 0 Å². The summed E-state index contributed by atoms with van der Waals surface area (Å²) in [4.78, 5) is 37.0. The highest BCUT2D eigenvalue weighted by Gasteiger charge is 2.26. The van der Waals surface area contributed by atoms with Crippen LogP contribution in [0, 0.1) is 5.82 Å². The predicted molar refractivity (Wildman–Crippen MR) is 112 cm³/mol. The predicted octanol–water partition coefficient (Wildman–Crippen LogP) is 2.99. The maximum absolute atomic E-state index is 14.5. The molecule has 1 aliphatic carbocycles. The largest absolute Gasteiger partial charge is 0.447 e. The standard InChI is InChI=1S/C20H23FN6O3.2H2/c1-12(28)24-14-2-4-15(5-3-14)25-19-23-11-16(21)18(26-19)13-6-7-22-17(10-13)27-8-9-30-20(27)29;;/h6-7,10-11,14-15H,2-5,8-9H2,1H3,(H,24,28)(H,23,25,26);2*1H. The zero-order chi connectivity index (χ0) is 21.1. The number of cyclic esters (lactones) is 1. The smallest absolute Gasteiger partial charge is 0.415 e. The van der Waals surface area contributed by atoms with Gasteiger partial charge < -0.3 is 15.4 Å². The minimum atomic E-state index is -0.559. The fourth-order valence-corrected chi connectivity index (χ4v) is 3.81. The van der Waals surface area contributed by atoms with E-state index in [-0.39, 0.29) is 26.5 Å². The SMILES string of the molecule is CC(=O)NC1CCC(Nc2ncc(F)c(-c3ccnc(N4CCOC4=O)c3)n2)CC1.[HH].[HH]. The van der Waals surface area contributed by atoms with Gasteiger partial charge in [0.15, 0.2) is 5.82 Å². The number of nitrogens with zero attached hydrogens (tertiary/aromatic N) is 4. The number of halogens is 1. The normalized spacial score (nSPS) is 21.3. The Morgan fingerprint density at radius 1 is 1.27 bits per heavy atom. The van der Waals surface area contributed by atoms with Gasteiger partial charge in [-0.15, -0.1) is 0 Å². The summed E-state index contributed by atoms with van der Waals surface area (Å²) in [5, 5.41) is 6.21. The summed E-state index contributed by atoms with van der Waals surface area (Å²) in [6.45, 7) is 2.22. The maximum Gasteiger partial charge on any atom is 0.415 e. The molecule has 2 aromatic heterocycles. The number of ether oxygens (including phenoxy) is 1. The number of amides is 2. The van der Waals surface area contributed by atoms with Crippen molar-refractivity contribution in [2.75, 3.05) is 23.4 Å². The van der Waals surface area contributed by atoms with E-state index in [0.29, 0.717) is 30.5 Å². The van der Waals surface area contributed by atoms with Crippen LogP contribution < -0.4 is 15.5 Å². The molecule has 4 rings (SSSR count). The first-order chi connectivity index (χ1) is 14.5. The number of hydrogen-bond donors (Lipinski definition) is 2. The number of hydrogen-bond acceptors (Lipinski definition) is 7. The van der Waals surface area contributed by atoms with Crippen LogP contribution in [-0.2, 0) is 9.53 Å². The van der Waals surface area contributed by atoms with E-state index in [9.17, 15) is 14.0 Å². The maximum atomic E-state index is 14.5. The molecule has 2 aliphatic rings. The lowest BCUT2D eigenvalue weighted by Crippen LogP contribution is -2.39. The van der Waals surface area contributed by atoms with Crippen molar-refractivity contribution in [1.82, 2.24) is 20.3 Å². The zero-order valence-corrected chi connectivity index (χ0v) is 16.6. The van der Waals surface area contributed by atoms with E-state index < -0.39 is 11.9 Å². The molecule has 0 spiro atoms. The van der Waals surface area contributed by atoms with Crippen LogP contribution in [0.15, 0.2) is 24.5 Å². The molecule has 10 heteroatoms. The van der Waals surface area contributed by atoms with Crippen LogP contribution in [-0.4, -0.2) is 52.2 Å². The van der Waals surface area contributed by atoms with Gasteiger partial charge in [0.25, 0.3) is 0 Å². The summed E-state index contributed by atoms with van der Waals surface area (Å²) in [5.74, 6) is 0.153. The first-order valence-corrected chi connectivity index (χ1v) is 9.96. The second-order valence-electron chi connectivity index (χ2n) is 7.45. The second-order valence-corrected chi connectivity index (χ2v) is 7.45. The third kappa shape index (κ3) is 4.47. The summed E-state index contributed by atoms with van der Waals surface area (Å²) < 4.78 is 19.4. The van der Waals surface area contributed by atoms with E-state index in [2.05, 4.69) is 25.6 Å². The molecule has 3 heterocycles. The van der Waals surface area contributed by atoms with Gasteiger partial charge >= 0.3 is 6.09 Å². The van der Waals surface area contributed by atoms with Crippen molar-refractivity contribution in [3.8, 4) is 11.3 Å². The van der Waals surface area contributed by atoms with Gasteiger partial charge in [-0.3, -0.25) is 9.69 Å². The second kappa shape index (κ2) is 8.60. The van der Waals surface area contributed by atoms with E-state index >= 15 is 0 Å². The molecule has 1 saturated heterocycles. The molecule has 0 unspecified atom stereocenters. The summed E-state index contributed by atoms with van der Waals surface area (Å²) in [6.07, 6.45) is 5.62. The van der Waals surface area contributed by atoms with Gasteiger partial charge in [0.2, 0.25) is 11.9 Å². The topological polar surface area (TPSA) is 109 Å². The lowest BCUT2D eigenvalue weighted by Gasteiger charge is -2.29. The first kappa shape index (κ1) is 20.0. The highest BCUT2D eigenvalue weighted by Crippen LogP contribution is 2.27. The molecule has 2 fully saturated rings. The Morgan fingerprint density at radius 2 is 2.03 bits per heavy atom. The highest BCUT2D eigenvalue weighted by molar-refractivity contribution is 5.88. The summed E-state index contributed by atoms with van der Waals surface area (Å²) >= 11 is 0. The molecule has 9 nitrogen and oxygen atoms in total. The molecule has 1 aliphatic heterocycles. The van der Waals surface area contributed by atoms with Crippen molar-refractivity contribution < 1.29 is 21.6 Å². The number of carbonyl (C=O) groups excluding carboxylic acids is 2. The molecule has 2 amide bonds. The molecule has 1 saturated carbocycles. The molecular weight excluding hydrogens is 391 g/mol. The van der Waals surface area contributed by atoms with Crippen molar-refractivity contribution in [3.05, 3.63) is 30.3 Å². The minimum absolute atomic E-state index is 0. The van der Waals surface area contributed by atoms with Gasteiger partial charge in [-0.2, -0.15) is 0 Å². The lowest BCUT2D eigenvalue weighted by atomic mass is 9.91. The van der Waals surface area contributed by atoms with Gasteiger partial charge in [-0.1, -0.05) is 0 Å². The number of nitrogens with one attached hydrogen (secondary N) is 2. The van der Waals surface area contributed by atoms with Crippen LogP contribution in [0.1, 0.15) is 35.5 Å². The van der Waals surface area contributed by atoms with E-state index in [1.165, 1.54) is 18.0 Å². The fraction of sp³-hybridized carbons (Fsp3) is 0.450. The van der Waals surface area contributed by atoms with E-state index in [4.69, 9.17) is 4.74 Å².